The molecule has 1 saturated heterocycles. The van der Waals surface area contributed by atoms with Crippen LogP contribution in [0.15, 0.2) is 16.7 Å². The number of halogens is 1. The predicted molar refractivity (Wildman–Crippen MR) is 86.1 cm³/mol. The maximum atomic E-state index is 4.70. The molecule has 1 N–H and O–H groups in total. The number of likely N-dealkylation sites (N-methyl/N-ethyl adjacent to an activating group) is 1. The summed E-state index contributed by atoms with van der Waals surface area (Å²) in [6.45, 7) is 6.48. The minimum absolute atomic E-state index is 0.516. The zero-order valence-electron chi connectivity index (χ0n) is 12.3. The zero-order chi connectivity index (χ0) is 14.1. The van der Waals surface area contributed by atoms with Crippen molar-refractivity contribution in [3.8, 4) is 0 Å². The summed E-state index contributed by atoms with van der Waals surface area (Å²) in [6, 6.07) is 3.46. The summed E-state index contributed by atoms with van der Waals surface area (Å²) in [6.07, 6.45) is 4.56. The van der Waals surface area contributed by atoms with Crippen molar-refractivity contribution in [3.63, 3.8) is 0 Å². The fourth-order valence-corrected chi connectivity index (χ4v) is 3.24. The molecule has 20 heavy (non-hydrogen) atoms. The highest BCUT2D eigenvalue weighted by molar-refractivity contribution is 9.10. The van der Waals surface area contributed by atoms with E-state index in [9.17, 15) is 0 Å². The Labute approximate surface area is 129 Å². The normalized spacial score (nSPS) is 24.1. The third-order valence-electron chi connectivity index (χ3n) is 4.17. The molecule has 2 aliphatic rings. The van der Waals surface area contributed by atoms with E-state index in [-0.39, 0.29) is 0 Å². The van der Waals surface area contributed by atoms with Gasteiger partial charge in [0.05, 0.1) is 0 Å². The van der Waals surface area contributed by atoms with Crippen LogP contribution in [0.2, 0.25) is 0 Å². The van der Waals surface area contributed by atoms with Crippen LogP contribution in [0, 0.1) is 0 Å². The number of pyridine rings is 1. The highest BCUT2D eigenvalue weighted by Crippen LogP contribution is 2.26. The molecule has 0 bridgehead atoms. The lowest BCUT2D eigenvalue weighted by atomic mass is 10.1. The molecule has 1 saturated carbocycles. The number of anilines is 1. The number of aromatic nitrogens is 1. The van der Waals surface area contributed by atoms with E-state index < -0.39 is 0 Å². The third-order valence-corrected chi connectivity index (χ3v) is 4.60. The summed E-state index contributed by atoms with van der Waals surface area (Å²) in [5.41, 5.74) is 1.31. The number of rotatable bonds is 4. The zero-order valence-corrected chi connectivity index (χ0v) is 13.9. The lowest BCUT2D eigenvalue weighted by molar-refractivity contribution is 0.274. The quantitative estimate of drug-likeness (QED) is 0.912. The van der Waals surface area contributed by atoms with Gasteiger partial charge in [0, 0.05) is 54.5 Å². The predicted octanol–water partition coefficient (Wildman–Crippen LogP) is 2.24. The second-order valence-corrected chi connectivity index (χ2v) is 7.01. The summed E-state index contributed by atoms with van der Waals surface area (Å²) in [4.78, 5) is 9.54. The minimum atomic E-state index is 0.516. The number of piperazine rings is 1. The molecule has 0 spiro atoms. The first-order valence-corrected chi connectivity index (χ1v) is 8.26. The summed E-state index contributed by atoms with van der Waals surface area (Å²) < 4.78 is 1.07. The average molecular weight is 339 g/mol. The molecule has 0 radical (unpaired) electrons. The Bertz CT molecular complexity index is 475. The summed E-state index contributed by atoms with van der Waals surface area (Å²) in [7, 11) is 2.19. The largest absolute Gasteiger partial charge is 0.351 e. The lowest BCUT2D eigenvalue weighted by Crippen LogP contribution is -2.51. The minimum Gasteiger partial charge on any atom is -0.351 e. The molecule has 2 heterocycles. The number of hydrogen-bond donors (Lipinski definition) is 1. The lowest BCUT2D eigenvalue weighted by Gasteiger charge is -2.39. The van der Waals surface area contributed by atoms with Gasteiger partial charge in [-0.15, -0.1) is 0 Å². The van der Waals surface area contributed by atoms with Crippen LogP contribution in [0.5, 0.6) is 0 Å². The van der Waals surface area contributed by atoms with E-state index in [1.807, 2.05) is 6.20 Å². The van der Waals surface area contributed by atoms with Crippen LogP contribution in [0.4, 0.5) is 5.82 Å². The first-order valence-electron chi connectivity index (χ1n) is 7.46. The van der Waals surface area contributed by atoms with E-state index in [0.29, 0.717) is 6.04 Å². The van der Waals surface area contributed by atoms with Crippen LogP contribution in [-0.2, 0) is 6.54 Å². The molecule has 1 aromatic rings. The van der Waals surface area contributed by atoms with Crippen molar-refractivity contribution in [3.05, 3.63) is 22.3 Å². The van der Waals surface area contributed by atoms with Crippen LogP contribution >= 0.6 is 15.9 Å². The molecule has 4 nitrogen and oxygen atoms in total. The Kier molecular flexibility index (Phi) is 4.29. The second-order valence-electron chi connectivity index (χ2n) is 6.10. The van der Waals surface area contributed by atoms with Crippen LogP contribution in [0.1, 0.15) is 25.3 Å². The summed E-state index contributed by atoms with van der Waals surface area (Å²) >= 11 is 3.55. The summed E-state index contributed by atoms with van der Waals surface area (Å²) in [5, 5.41) is 3.61. The van der Waals surface area contributed by atoms with E-state index in [1.54, 1.807) is 0 Å². The van der Waals surface area contributed by atoms with Gasteiger partial charge in [-0.25, -0.2) is 4.98 Å². The molecule has 1 aromatic heterocycles. The van der Waals surface area contributed by atoms with Gasteiger partial charge in [-0.1, -0.05) is 0 Å². The summed E-state index contributed by atoms with van der Waals surface area (Å²) in [5.74, 6) is 1.15. The average Bonchev–Trinajstić information content (AvgIpc) is 3.21. The molecule has 1 unspecified atom stereocenters. The van der Waals surface area contributed by atoms with Crippen molar-refractivity contribution in [1.82, 2.24) is 15.2 Å². The van der Waals surface area contributed by atoms with Gasteiger partial charge >= 0.3 is 0 Å². The fourth-order valence-electron chi connectivity index (χ4n) is 2.86. The van der Waals surface area contributed by atoms with E-state index in [1.165, 1.54) is 18.4 Å². The molecule has 110 valence electrons. The first-order chi connectivity index (χ1) is 9.63. The van der Waals surface area contributed by atoms with Crippen molar-refractivity contribution in [1.29, 1.82) is 0 Å². The Morgan fingerprint density at radius 3 is 2.90 bits per heavy atom. The molecule has 2 fully saturated rings. The molecule has 5 heteroatoms. The van der Waals surface area contributed by atoms with Crippen molar-refractivity contribution in [2.45, 2.75) is 38.4 Å². The van der Waals surface area contributed by atoms with Gasteiger partial charge in [0.15, 0.2) is 0 Å². The van der Waals surface area contributed by atoms with E-state index in [2.05, 4.69) is 51.1 Å². The number of nitrogens with zero attached hydrogens (tertiary/aromatic N) is 3. The van der Waals surface area contributed by atoms with Crippen LogP contribution < -0.4 is 10.2 Å². The van der Waals surface area contributed by atoms with Crippen molar-refractivity contribution >= 4 is 21.7 Å². The van der Waals surface area contributed by atoms with Crippen molar-refractivity contribution < 1.29 is 0 Å². The Balaban J connectivity index is 1.79. The van der Waals surface area contributed by atoms with Gasteiger partial charge in [0.2, 0.25) is 0 Å². The number of hydrogen-bond acceptors (Lipinski definition) is 4. The molecule has 1 aliphatic carbocycles. The fraction of sp³-hybridized carbons (Fsp3) is 0.667. The van der Waals surface area contributed by atoms with Gasteiger partial charge in [-0.05, 0) is 48.8 Å². The van der Waals surface area contributed by atoms with Crippen LogP contribution in [0.25, 0.3) is 0 Å². The molecule has 3 rings (SSSR count). The van der Waals surface area contributed by atoms with Crippen molar-refractivity contribution in [2.75, 3.05) is 31.6 Å². The van der Waals surface area contributed by atoms with Gasteiger partial charge in [0.1, 0.15) is 5.82 Å². The first kappa shape index (κ1) is 14.3. The molecule has 1 atom stereocenters. The molecule has 0 amide bonds. The molecular weight excluding hydrogens is 316 g/mol. The second kappa shape index (κ2) is 6.00. The van der Waals surface area contributed by atoms with Gasteiger partial charge < -0.3 is 15.1 Å². The third kappa shape index (κ3) is 3.32. The van der Waals surface area contributed by atoms with Crippen LogP contribution in [-0.4, -0.2) is 48.6 Å². The van der Waals surface area contributed by atoms with Crippen LogP contribution in [0.3, 0.4) is 0 Å². The van der Waals surface area contributed by atoms with E-state index in [0.717, 1.165) is 42.5 Å². The molecular formula is C15H23BrN4. The maximum absolute atomic E-state index is 4.70. The van der Waals surface area contributed by atoms with Gasteiger partial charge in [-0.2, -0.15) is 0 Å². The Hall–Kier alpha value is -0.650. The van der Waals surface area contributed by atoms with Gasteiger partial charge in [0.25, 0.3) is 0 Å². The smallest absolute Gasteiger partial charge is 0.133 e. The Morgan fingerprint density at radius 1 is 1.40 bits per heavy atom. The monoisotopic (exact) mass is 338 g/mol. The number of nitrogens with one attached hydrogen (secondary N) is 1. The highest BCUT2D eigenvalue weighted by Gasteiger charge is 2.26. The standard InChI is InChI=1S/C15H23BrN4/c1-11-10-19(2)5-6-20(11)15-12(7-13(16)9-18-15)8-17-14-3-4-14/h7,9,11,14,17H,3-6,8,10H2,1-2H3. The Morgan fingerprint density at radius 2 is 2.20 bits per heavy atom. The maximum Gasteiger partial charge on any atom is 0.133 e. The highest BCUT2D eigenvalue weighted by atomic mass is 79.9. The molecule has 1 aliphatic heterocycles. The van der Waals surface area contributed by atoms with E-state index >= 15 is 0 Å². The van der Waals surface area contributed by atoms with Crippen molar-refractivity contribution in [2.24, 2.45) is 0 Å². The topological polar surface area (TPSA) is 31.4 Å². The van der Waals surface area contributed by atoms with E-state index in [4.69, 9.17) is 4.98 Å². The SMILES string of the molecule is CC1CN(C)CCN1c1ncc(Br)cc1CNC1CC1. The van der Waals surface area contributed by atoms with Gasteiger partial charge in [-0.3, -0.25) is 0 Å². The molecule has 0 aromatic carbocycles.